The highest BCUT2D eigenvalue weighted by atomic mass is 16.5. The van der Waals surface area contributed by atoms with Gasteiger partial charge in [0.2, 0.25) is 0 Å². The van der Waals surface area contributed by atoms with Gasteiger partial charge in [-0.25, -0.2) is 5.43 Å². The summed E-state index contributed by atoms with van der Waals surface area (Å²) in [5, 5.41) is 9.15. The number of aryl methyl sites for hydroxylation is 2. The fourth-order valence-corrected chi connectivity index (χ4v) is 3.21. The largest absolute Gasteiger partial charge is 0.490 e. The molecule has 0 saturated carbocycles. The third kappa shape index (κ3) is 8.36. The summed E-state index contributed by atoms with van der Waals surface area (Å²) in [5.74, 6) is -1.03. The number of nitrogens with zero attached hydrogens (tertiary/aromatic N) is 1. The lowest BCUT2D eigenvalue weighted by atomic mass is 10.1. The first-order valence-corrected chi connectivity index (χ1v) is 11.4. The smallest absolute Gasteiger partial charge is 0.329 e. The van der Waals surface area contributed by atoms with E-state index in [1.807, 2.05) is 32.0 Å². The number of hydrogen-bond acceptors (Lipinski definition) is 6. The molecule has 3 amide bonds. The van der Waals surface area contributed by atoms with Crippen molar-refractivity contribution < 1.29 is 23.9 Å². The summed E-state index contributed by atoms with van der Waals surface area (Å²) < 4.78 is 11.0. The zero-order valence-corrected chi connectivity index (χ0v) is 20.6. The summed E-state index contributed by atoms with van der Waals surface area (Å²) in [6, 6.07) is 19.1. The first kappa shape index (κ1) is 26.7. The molecule has 0 spiro atoms. The molecular weight excluding hydrogens is 472 g/mol. The Labute approximate surface area is 215 Å². The standard InChI is InChI=1S/C28H28N4O5/c1-4-15-36-23-13-11-22(12-14-23)30-27(34)28(35)32-29-17-21-9-6-10-24(16-21)37-18-25(33)31-26-19(2)7-5-8-20(26)3/h4-14,16-17H,1,15,18H2,2-3H3,(H,30,34)(H,31,33)(H,32,35)/b29-17-. The van der Waals surface area contributed by atoms with Crippen LogP contribution >= 0.6 is 0 Å². The molecule has 3 rings (SSSR count). The van der Waals surface area contributed by atoms with E-state index in [1.54, 1.807) is 54.6 Å². The van der Waals surface area contributed by atoms with Gasteiger partial charge in [-0.1, -0.05) is 43.0 Å². The molecule has 0 fully saturated rings. The highest BCUT2D eigenvalue weighted by Gasteiger charge is 2.13. The zero-order valence-electron chi connectivity index (χ0n) is 20.6. The van der Waals surface area contributed by atoms with Crippen molar-refractivity contribution in [2.75, 3.05) is 23.8 Å². The molecule has 0 heterocycles. The van der Waals surface area contributed by atoms with Gasteiger partial charge in [-0.05, 0) is 66.9 Å². The molecule has 0 unspecified atom stereocenters. The second-order valence-corrected chi connectivity index (χ2v) is 7.95. The van der Waals surface area contributed by atoms with E-state index < -0.39 is 11.8 Å². The molecule has 190 valence electrons. The van der Waals surface area contributed by atoms with E-state index >= 15 is 0 Å². The molecule has 3 N–H and O–H groups in total. The number of ether oxygens (including phenoxy) is 2. The molecule has 0 aliphatic rings. The van der Waals surface area contributed by atoms with E-state index in [9.17, 15) is 14.4 Å². The number of amides is 3. The topological polar surface area (TPSA) is 118 Å². The van der Waals surface area contributed by atoms with Crippen molar-refractivity contribution in [2.45, 2.75) is 13.8 Å². The zero-order chi connectivity index (χ0) is 26.6. The number of hydrazone groups is 1. The van der Waals surface area contributed by atoms with Gasteiger partial charge in [0.05, 0.1) is 6.21 Å². The van der Waals surface area contributed by atoms with Crippen LogP contribution in [0.2, 0.25) is 0 Å². The number of para-hydroxylation sites is 1. The third-order valence-corrected chi connectivity index (χ3v) is 5.04. The Hall–Kier alpha value is -4.92. The van der Waals surface area contributed by atoms with E-state index in [-0.39, 0.29) is 12.5 Å². The van der Waals surface area contributed by atoms with Crippen LogP contribution in [0, 0.1) is 13.8 Å². The lowest BCUT2D eigenvalue weighted by Crippen LogP contribution is -2.32. The maximum atomic E-state index is 12.3. The molecule has 0 atom stereocenters. The van der Waals surface area contributed by atoms with Crippen LogP contribution in [-0.4, -0.2) is 37.1 Å². The van der Waals surface area contributed by atoms with Crippen LogP contribution in [-0.2, 0) is 14.4 Å². The highest BCUT2D eigenvalue weighted by molar-refractivity contribution is 6.39. The lowest BCUT2D eigenvalue weighted by molar-refractivity contribution is -0.136. The molecule has 3 aromatic rings. The van der Waals surface area contributed by atoms with Crippen molar-refractivity contribution in [3.05, 3.63) is 96.1 Å². The Balaban J connectivity index is 1.47. The lowest BCUT2D eigenvalue weighted by Gasteiger charge is -2.12. The monoisotopic (exact) mass is 500 g/mol. The van der Waals surface area contributed by atoms with Gasteiger partial charge in [-0.15, -0.1) is 0 Å². The van der Waals surface area contributed by atoms with Crippen LogP contribution in [0.5, 0.6) is 11.5 Å². The minimum Gasteiger partial charge on any atom is -0.490 e. The number of hydrogen-bond donors (Lipinski definition) is 3. The predicted octanol–water partition coefficient (Wildman–Crippen LogP) is 3.97. The van der Waals surface area contributed by atoms with Crippen LogP contribution in [0.15, 0.2) is 84.5 Å². The average molecular weight is 501 g/mol. The van der Waals surface area contributed by atoms with Crippen LogP contribution < -0.4 is 25.5 Å². The second-order valence-electron chi connectivity index (χ2n) is 7.95. The molecular formula is C28H28N4O5. The number of benzene rings is 3. The molecule has 9 nitrogen and oxygen atoms in total. The Morgan fingerprint density at radius 1 is 0.865 bits per heavy atom. The molecule has 9 heteroatoms. The fraction of sp³-hybridized carbons (Fsp3) is 0.143. The Kier molecular flexibility index (Phi) is 9.55. The Morgan fingerprint density at radius 2 is 1.57 bits per heavy atom. The van der Waals surface area contributed by atoms with Crippen molar-refractivity contribution in [3.63, 3.8) is 0 Å². The van der Waals surface area contributed by atoms with Crippen molar-refractivity contribution in [2.24, 2.45) is 5.10 Å². The maximum absolute atomic E-state index is 12.3. The molecule has 0 radical (unpaired) electrons. The summed E-state index contributed by atoms with van der Waals surface area (Å²) in [6.45, 7) is 7.61. The first-order chi connectivity index (χ1) is 17.9. The molecule has 0 aromatic heterocycles. The van der Waals surface area contributed by atoms with Gasteiger partial charge in [-0.2, -0.15) is 5.10 Å². The average Bonchev–Trinajstić information content (AvgIpc) is 2.89. The summed E-state index contributed by atoms with van der Waals surface area (Å²) in [7, 11) is 0. The minimum absolute atomic E-state index is 0.174. The summed E-state index contributed by atoms with van der Waals surface area (Å²) in [6.07, 6.45) is 2.98. The number of carbonyl (C=O) groups is 3. The van der Waals surface area contributed by atoms with Gasteiger partial charge in [0, 0.05) is 11.4 Å². The van der Waals surface area contributed by atoms with E-state index in [0.717, 1.165) is 16.8 Å². The second kappa shape index (κ2) is 13.2. The van der Waals surface area contributed by atoms with E-state index in [2.05, 4.69) is 27.7 Å². The molecule has 0 aliphatic heterocycles. The number of anilines is 2. The number of carbonyl (C=O) groups excluding carboxylic acids is 3. The number of nitrogens with one attached hydrogen (secondary N) is 3. The van der Waals surface area contributed by atoms with Crippen molar-refractivity contribution in [3.8, 4) is 11.5 Å². The Bertz CT molecular complexity index is 1280. The summed E-state index contributed by atoms with van der Waals surface area (Å²) in [4.78, 5) is 36.5. The predicted molar refractivity (Wildman–Crippen MR) is 143 cm³/mol. The SMILES string of the molecule is C=CCOc1ccc(NC(=O)C(=O)N/N=C\c2cccc(OCC(=O)Nc3c(C)cccc3C)c2)cc1. The third-order valence-electron chi connectivity index (χ3n) is 5.04. The van der Waals surface area contributed by atoms with Gasteiger partial charge >= 0.3 is 11.8 Å². The molecule has 3 aromatic carbocycles. The van der Waals surface area contributed by atoms with Crippen LogP contribution in [0.3, 0.4) is 0 Å². The minimum atomic E-state index is -0.932. The van der Waals surface area contributed by atoms with Gasteiger partial charge in [0.25, 0.3) is 5.91 Å². The normalized spacial score (nSPS) is 10.4. The van der Waals surface area contributed by atoms with E-state index in [1.165, 1.54) is 6.21 Å². The van der Waals surface area contributed by atoms with Crippen LogP contribution in [0.25, 0.3) is 0 Å². The van der Waals surface area contributed by atoms with E-state index in [4.69, 9.17) is 9.47 Å². The maximum Gasteiger partial charge on any atom is 0.329 e. The van der Waals surface area contributed by atoms with Gasteiger partial charge in [-0.3, -0.25) is 14.4 Å². The van der Waals surface area contributed by atoms with Crippen molar-refractivity contribution in [1.29, 1.82) is 0 Å². The highest BCUT2D eigenvalue weighted by Crippen LogP contribution is 2.19. The van der Waals surface area contributed by atoms with Crippen LogP contribution in [0.4, 0.5) is 11.4 Å². The van der Waals surface area contributed by atoms with Gasteiger partial charge < -0.3 is 20.1 Å². The fourth-order valence-electron chi connectivity index (χ4n) is 3.21. The molecule has 0 aliphatic carbocycles. The van der Waals surface area contributed by atoms with Crippen LogP contribution in [0.1, 0.15) is 16.7 Å². The van der Waals surface area contributed by atoms with Crippen molar-refractivity contribution >= 4 is 35.3 Å². The summed E-state index contributed by atoms with van der Waals surface area (Å²) >= 11 is 0. The molecule has 37 heavy (non-hydrogen) atoms. The first-order valence-electron chi connectivity index (χ1n) is 11.4. The van der Waals surface area contributed by atoms with E-state index in [0.29, 0.717) is 29.4 Å². The number of rotatable bonds is 10. The molecule has 0 saturated heterocycles. The quantitative estimate of drug-likeness (QED) is 0.168. The van der Waals surface area contributed by atoms with Gasteiger partial charge in [0.15, 0.2) is 6.61 Å². The van der Waals surface area contributed by atoms with Gasteiger partial charge in [0.1, 0.15) is 18.1 Å². The Morgan fingerprint density at radius 3 is 2.27 bits per heavy atom. The van der Waals surface area contributed by atoms with Crippen molar-refractivity contribution in [1.82, 2.24) is 5.43 Å². The summed E-state index contributed by atoms with van der Waals surface area (Å²) in [5.41, 5.74) is 5.91. The molecule has 0 bridgehead atoms.